The van der Waals surface area contributed by atoms with E-state index in [9.17, 15) is 18.3 Å². The molecule has 0 amide bonds. The lowest BCUT2D eigenvalue weighted by Crippen LogP contribution is -2.56. The van der Waals surface area contributed by atoms with E-state index < -0.39 is 26.9 Å². The van der Waals surface area contributed by atoms with Crippen LogP contribution in [0.1, 0.15) is 27.7 Å². The molecule has 2 N–H and O–H groups in total. The van der Waals surface area contributed by atoms with Gasteiger partial charge in [-0.25, -0.2) is 13.1 Å². The zero-order chi connectivity index (χ0) is 16.6. The van der Waals surface area contributed by atoms with E-state index in [1.165, 1.54) is 45.9 Å². The van der Waals surface area contributed by atoms with Crippen molar-refractivity contribution in [2.24, 2.45) is 5.41 Å². The minimum atomic E-state index is -4.02. The molecule has 0 aliphatic heterocycles. The van der Waals surface area contributed by atoms with E-state index in [0.29, 0.717) is 0 Å². The number of halogens is 2. The molecule has 0 aliphatic carbocycles. The molecule has 0 atom stereocenters. The molecule has 0 fully saturated rings. The van der Waals surface area contributed by atoms with E-state index >= 15 is 0 Å². The van der Waals surface area contributed by atoms with Crippen LogP contribution in [0.5, 0.6) is 0 Å². The number of hydrogen-bond donors (Lipinski definition) is 2. The van der Waals surface area contributed by atoms with Crippen LogP contribution < -0.4 is 4.72 Å². The fraction of sp³-hybridized carbons (Fsp3) is 0.462. The number of carbonyl (C=O) groups is 1. The van der Waals surface area contributed by atoms with Crippen LogP contribution in [-0.2, 0) is 14.8 Å². The summed E-state index contributed by atoms with van der Waals surface area (Å²) in [5.74, 6) is -1.12. The second-order valence-corrected chi connectivity index (χ2v) is 8.23. The first-order valence-electron chi connectivity index (χ1n) is 6.04. The Hall–Kier alpha value is -0.820. The first-order chi connectivity index (χ1) is 9.31. The predicted molar refractivity (Wildman–Crippen MR) is 82.3 cm³/mol. The van der Waals surface area contributed by atoms with Crippen molar-refractivity contribution in [2.45, 2.75) is 38.1 Å². The van der Waals surface area contributed by atoms with Gasteiger partial charge in [-0.15, -0.1) is 0 Å². The zero-order valence-electron chi connectivity index (χ0n) is 12.1. The maximum atomic E-state index is 12.4. The predicted octanol–water partition coefficient (Wildman–Crippen LogP) is 3.16. The fourth-order valence-corrected chi connectivity index (χ4v) is 3.77. The summed E-state index contributed by atoms with van der Waals surface area (Å²) in [6.07, 6.45) is 0. The lowest BCUT2D eigenvalue weighted by atomic mass is 9.75. The van der Waals surface area contributed by atoms with Gasteiger partial charge in [0.2, 0.25) is 10.0 Å². The molecule has 0 bridgehead atoms. The van der Waals surface area contributed by atoms with Gasteiger partial charge >= 0.3 is 5.97 Å². The maximum absolute atomic E-state index is 12.4. The fourth-order valence-electron chi connectivity index (χ4n) is 1.47. The Labute approximate surface area is 134 Å². The van der Waals surface area contributed by atoms with Crippen LogP contribution in [0.15, 0.2) is 23.1 Å². The first kappa shape index (κ1) is 18.2. The smallest absolute Gasteiger partial charge is 0.310 e. The Morgan fingerprint density at radius 3 is 2.19 bits per heavy atom. The van der Waals surface area contributed by atoms with Crippen LogP contribution >= 0.6 is 23.2 Å². The van der Waals surface area contributed by atoms with Crippen molar-refractivity contribution in [1.82, 2.24) is 4.72 Å². The highest BCUT2D eigenvalue weighted by atomic mass is 35.5. The summed E-state index contributed by atoms with van der Waals surface area (Å²) in [6.45, 7) is 5.88. The molecule has 8 heteroatoms. The Kier molecular flexibility index (Phi) is 5.00. The maximum Gasteiger partial charge on any atom is 0.310 e. The third-order valence-electron chi connectivity index (χ3n) is 3.67. The van der Waals surface area contributed by atoms with Gasteiger partial charge in [0.05, 0.1) is 10.4 Å². The minimum Gasteiger partial charge on any atom is -0.481 e. The highest BCUT2D eigenvalue weighted by Gasteiger charge is 2.46. The van der Waals surface area contributed by atoms with E-state index in [0.717, 1.165) is 0 Å². The van der Waals surface area contributed by atoms with Crippen LogP contribution in [0.2, 0.25) is 10.0 Å². The minimum absolute atomic E-state index is 0.0100. The van der Waals surface area contributed by atoms with Crippen LogP contribution in [0.25, 0.3) is 0 Å². The lowest BCUT2D eigenvalue weighted by Gasteiger charge is -2.38. The van der Waals surface area contributed by atoms with Crippen molar-refractivity contribution in [3.8, 4) is 0 Å². The van der Waals surface area contributed by atoms with Gasteiger partial charge in [-0.2, -0.15) is 0 Å². The molecule has 1 rings (SSSR count). The van der Waals surface area contributed by atoms with Crippen molar-refractivity contribution in [1.29, 1.82) is 0 Å². The van der Waals surface area contributed by atoms with E-state index in [1.807, 2.05) is 0 Å². The van der Waals surface area contributed by atoms with Gasteiger partial charge in [0.1, 0.15) is 4.90 Å². The number of rotatable bonds is 5. The SMILES string of the molecule is CC(C)(NS(=O)(=O)c1cc(Cl)ccc1Cl)C(C)(C)C(=O)O. The van der Waals surface area contributed by atoms with E-state index in [1.54, 1.807) is 0 Å². The molecule has 0 heterocycles. The van der Waals surface area contributed by atoms with Crippen molar-refractivity contribution in [3.63, 3.8) is 0 Å². The summed E-state index contributed by atoms with van der Waals surface area (Å²) < 4.78 is 27.3. The van der Waals surface area contributed by atoms with Crippen LogP contribution in [-0.4, -0.2) is 25.0 Å². The molecule has 0 spiro atoms. The summed E-state index contributed by atoms with van der Waals surface area (Å²) >= 11 is 11.7. The van der Waals surface area contributed by atoms with Gasteiger partial charge in [-0.1, -0.05) is 23.2 Å². The van der Waals surface area contributed by atoms with Crippen molar-refractivity contribution in [2.75, 3.05) is 0 Å². The first-order valence-corrected chi connectivity index (χ1v) is 8.27. The number of benzene rings is 1. The Morgan fingerprint density at radius 2 is 1.71 bits per heavy atom. The molecule has 0 aliphatic rings. The van der Waals surface area contributed by atoms with Crippen LogP contribution in [0.3, 0.4) is 0 Å². The van der Waals surface area contributed by atoms with Crippen molar-refractivity contribution >= 4 is 39.2 Å². The number of sulfonamides is 1. The van der Waals surface area contributed by atoms with E-state index in [4.69, 9.17) is 23.2 Å². The average Bonchev–Trinajstić information content (AvgIpc) is 2.30. The second-order valence-electron chi connectivity index (χ2n) is 5.74. The summed E-state index contributed by atoms with van der Waals surface area (Å²) in [6, 6.07) is 4.05. The molecule has 5 nitrogen and oxygen atoms in total. The van der Waals surface area contributed by atoms with E-state index in [2.05, 4.69) is 4.72 Å². The number of carboxylic acids is 1. The molecular formula is C13H17Cl2NO4S. The molecule has 0 saturated heterocycles. The summed E-state index contributed by atoms with van der Waals surface area (Å²) in [5, 5.41) is 9.49. The van der Waals surface area contributed by atoms with Gasteiger partial charge in [0, 0.05) is 10.6 Å². The molecule has 1 aromatic rings. The van der Waals surface area contributed by atoms with Crippen molar-refractivity contribution in [3.05, 3.63) is 28.2 Å². The van der Waals surface area contributed by atoms with Crippen LogP contribution in [0, 0.1) is 5.41 Å². The van der Waals surface area contributed by atoms with Crippen LogP contribution in [0.4, 0.5) is 0 Å². The highest BCUT2D eigenvalue weighted by Crippen LogP contribution is 2.33. The molecule has 1 aromatic carbocycles. The summed E-state index contributed by atoms with van der Waals surface area (Å²) in [7, 11) is -4.02. The van der Waals surface area contributed by atoms with E-state index in [-0.39, 0.29) is 14.9 Å². The van der Waals surface area contributed by atoms with Gasteiger partial charge in [-0.3, -0.25) is 4.79 Å². The van der Waals surface area contributed by atoms with Gasteiger partial charge in [0.25, 0.3) is 0 Å². The standard InChI is InChI=1S/C13H17Cl2NO4S/c1-12(2,11(17)18)13(3,4)16-21(19,20)10-7-8(14)5-6-9(10)15/h5-7,16H,1-4H3,(H,17,18). The largest absolute Gasteiger partial charge is 0.481 e. The third-order valence-corrected chi connectivity index (χ3v) is 6.04. The van der Waals surface area contributed by atoms with Gasteiger partial charge in [0.15, 0.2) is 0 Å². The number of carboxylic acid groups (broad SMARTS) is 1. The quantitative estimate of drug-likeness (QED) is 0.851. The molecular weight excluding hydrogens is 337 g/mol. The number of hydrogen-bond acceptors (Lipinski definition) is 3. The average molecular weight is 354 g/mol. The summed E-state index contributed by atoms with van der Waals surface area (Å²) in [5.41, 5.74) is -2.57. The van der Waals surface area contributed by atoms with Crippen molar-refractivity contribution < 1.29 is 18.3 Å². The third kappa shape index (κ3) is 3.69. The second kappa shape index (κ2) is 5.76. The topological polar surface area (TPSA) is 83.5 Å². The molecule has 118 valence electrons. The lowest BCUT2D eigenvalue weighted by molar-refractivity contribution is -0.150. The molecule has 21 heavy (non-hydrogen) atoms. The number of aliphatic carboxylic acids is 1. The Bertz CT molecular complexity index is 669. The number of nitrogens with one attached hydrogen (secondary N) is 1. The highest BCUT2D eigenvalue weighted by molar-refractivity contribution is 7.89. The van der Waals surface area contributed by atoms with Gasteiger partial charge in [-0.05, 0) is 45.9 Å². The normalized spacial score (nSPS) is 13.2. The van der Waals surface area contributed by atoms with Gasteiger partial charge < -0.3 is 5.11 Å². The Morgan fingerprint density at radius 1 is 1.19 bits per heavy atom. The Balaban J connectivity index is 3.28. The monoisotopic (exact) mass is 353 g/mol. The molecule has 0 unspecified atom stereocenters. The molecule has 0 saturated carbocycles. The molecule has 0 radical (unpaired) electrons. The molecule has 0 aromatic heterocycles. The summed E-state index contributed by atoms with van der Waals surface area (Å²) in [4.78, 5) is 11.1. The zero-order valence-corrected chi connectivity index (χ0v) is 14.4.